The van der Waals surface area contributed by atoms with Gasteiger partial charge in [0.05, 0.1) is 26.9 Å². The third-order valence-corrected chi connectivity index (χ3v) is 2.66. The van der Waals surface area contributed by atoms with Crippen molar-refractivity contribution in [3.05, 3.63) is 18.2 Å². The highest BCUT2D eigenvalue weighted by Gasteiger charge is 2.06. The van der Waals surface area contributed by atoms with Crippen LogP contribution in [-0.2, 0) is 0 Å². The number of aliphatic imine (C=N–C) groups is 1. The van der Waals surface area contributed by atoms with Gasteiger partial charge in [0.15, 0.2) is 17.5 Å². The van der Waals surface area contributed by atoms with E-state index in [9.17, 15) is 0 Å². The predicted molar refractivity (Wildman–Crippen MR) is 91.4 cm³/mol. The summed E-state index contributed by atoms with van der Waals surface area (Å²) in [5.74, 6) is 1.51. The normalized spacial score (nSPS) is 12.3. The number of nitrogens with zero attached hydrogens (tertiary/aromatic N) is 1. The average Bonchev–Trinajstić information content (AvgIpc) is 2.44. The molecule has 0 saturated carbocycles. The summed E-state index contributed by atoms with van der Waals surface area (Å²) in [5.41, 5.74) is 6.52. The van der Waals surface area contributed by atoms with Crippen molar-refractivity contribution in [3.63, 3.8) is 0 Å². The maximum absolute atomic E-state index is 9.06. The van der Waals surface area contributed by atoms with E-state index in [1.165, 1.54) is 0 Å². The molecule has 0 amide bonds. The van der Waals surface area contributed by atoms with Gasteiger partial charge in [-0.25, -0.2) is 4.99 Å². The maximum Gasteiger partial charge on any atom is 0.193 e. The number of rotatable bonds is 6. The van der Waals surface area contributed by atoms with E-state index in [2.05, 4.69) is 10.3 Å². The zero-order valence-electron chi connectivity index (χ0n) is 11.9. The summed E-state index contributed by atoms with van der Waals surface area (Å²) in [6.45, 7) is 1.92. The van der Waals surface area contributed by atoms with Gasteiger partial charge in [0.2, 0.25) is 0 Å². The molecular weight excluding hydrogens is 373 g/mol. The molecule has 0 unspecified atom stereocenters. The number of hydrogen-bond donors (Lipinski definition) is 3. The van der Waals surface area contributed by atoms with Gasteiger partial charge in [-0.3, -0.25) is 0 Å². The lowest BCUT2D eigenvalue weighted by Gasteiger charge is -2.12. The zero-order chi connectivity index (χ0) is 14.3. The van der Waals surface area contributed by atoms with E-state index in [4.69, 9.17) is 20.3 Å². The molecule has 4 N–H and O–H groups in total. The molecule has 20 heavy (non-hydrogen) atoms. The molecule has 7 heteroatoms. The number of guanidine groups is 1. The SMILES string of the molecule is CC[C@H](CO)N=C(N)Nc1ccc(OC)c(OC)c1.I. The quantitative estimate of drug-likeness (QED) is 0.389. The fraction of sp³-hybridized carbons (Fsp3) is 0.462. The van der Waals surface area contributed by atoms with Crippen LogP contribution in [0.5, 0.6) is 11.5 Å². The molecule has 6 nitrogen and oxygen atoms in total. The van der Waals surface area contributed by atoms with E-state index in [1.54, 1.807) is 26.4 Å². The minimum atomic E-state index is -0.187. The van der Waals surface area contributed by atoms with E-state index in [-0.39, 0.29) is 42.6 Å². The van der Waals surface area contributed by atoms with Crippen LogP contribution in [0, 0.1) is 0 Å². The van der Waals surface area contributed by atoms with Gasteiger partial charge >= 0.3 is 0 Å². The highest BCUT2D eigenvalue weighted by Crippen LogP contribution is 2.29. The van der Waals surface area contributed by atoms with Crippen molar-refractivity contribution in [2.45, 2.75) is 19.4 Å². The number of nitrogens with one attached hydrogen (secondary N) is 1. The van der Waals surface area contributed by atoms with Crippen molar-refractivity contribution >= 4 is 35.6 Å². The molecule has 0 aromatic heterocycles. The molecule has 0 saturated heterocycles. The number of benzene rings is 1. The first-order chi connectivity index (χ1) is 9.14. The Kier molecular flexibility index (Phi) is 9.06. The van der Waals surface area contributed by atoms with E-state index in [1.807, 2.05) is 13.0 Å². The second-order valence-electron chi connectivity index (χ2n) is 3.95. The number of methoxy groups -OCH3 is 2. The summed E-state index contributed by atoms with van der Waals surface area (Å²) in [6, 6.07) is 5.16. The van der Waals surface area contributed by atoms with Crippen molar-refractivity contribution in [2.75, 3.05) is 26.1 Å². The molecule has 0 aliphatic carbocycles. The molecular formula is C13H22IN3O3. The Hall–Kier alpha value is -1.22. The van der Waals surface area contributed by atoms with Crippen LogP contribution in [0.25, 0.3) is 0 Å². The third-order valence-electron chi connectivity index (χ3n) is 2.66. The Labute approximate surface area is 136 Å². The predicted octanol–water partition coefficient (Wildman–Crippen LogP) is 1.82. The largest absolute Gasteiger partial charge is 0.493 e. The van der Waals surface area contributed by atoms with E-state index in [0.29, 0.717) is 11.5 Å². The van der Waals surface area contributed by atoms with E-state index in [0.717, 1.165) is 12.1 Å². The number of nitrogens with two attached hydrogens (primary N) is 1. The summed E-state index contributed by atoms with van der Waals surface area (Å²) in [4.78, 5) is 4.17. The van der Waals surface area contributed by atoms with E-state index < -0.39 is 0 Å². The molecule has 0 radical (unpaired) electrons. The van der Waals surface area contributed by atoms with Gasteiger partial charge in [-0.15, -0.1) is 24.0 Å². The Morgan fingerprint density at radius 2 is 2.00 bits per heavy atom. The Balaban J connectivity index is 0.00000361. The molecule has 0 bridgehead atoms. The summed E-state index contributed by atoms with van der Waals surface area (Å²) < 4.78 is 10.3. The Morgan fingerprint density at radius 3 is 2.50 bits per heavy atom. The van der Waals surface area contributed by atoms with Crippen molar-refractivity contribution in [1.82, 2.24) is 0 Å². The van der Waals surface area contributed by atoms with Gasteiger partial charge in [-0.05, 0) is 18.6 Å². The Bertz CT molecular complexity index is 437. The zero-order valence-corrected chi connectivity index (χ0v) is 14.3. The van der Waals surface area contributed by atoms with Gasteiger partial charge in [0.25, 0.3) is 0 Å². The van der Waals surface area contributed by atoms with Crippen LogP contribution in [0.2, 0.25) is 0 Å². The second kappa shape index (κ2) is 9.65. The van der Waals surface area contributed by atoms with Crippen LogP contribution >= 0.6 is 24.0 Å². The molecule has 0 spiro atoms. The average molecular weight is 395 g/mol. The molecule has 1 atom stereocenters. The number of hydrogen-bond acceptors (Lipinski definition) is 4. The highest BCUT2D eigenvalue weighted by molar-refractivity contribution is 14.0. The monoisotopic (exact) mass is 395 g/mol. The first kappa shape index (κ1) is 18.8. The standard InChI is InChI=1S/C13H21N3O3.HI/c1-4-9(8-17)15-13(14)16-10-5-6-11(18-2)12(7-10)19-3;/h5-7,9,17H,4,8H2,1-3H3,(H3,14,15,16);1H/t9-;/m1./s1. The lowest BCUT2D eigenvalue weighted by Crippen LogP contribution is -2.26. The molecule has 0 aliphatic rings. The number of aliphatic hydroxyl groups excluding tert-OH is 1. The third kappa shape index (κ3) is 5.41. The van der Waals surface area contributed by atoms with Gasteiger partial charge in [0.1, 0.15) is 0 Å². The van der Waals surface area contributed by atoms with E-state index >= 15 is 0 Å². The van der Waals surface area contributed by atoms with Crippen molar-refractivity contribution < 1.29 is 14.6 Å². The fourth-order valence-electron chi connectivity index (χ4n) is 1.55. The van der Waals surface area contributed by atoms with Crippen molar-refractivity contribution in [2.24, 2.45) is 10.7 Å². The summed E-state index contributed by atoms with van der Waals surface area (Å²) in [7, 11) is 3.14. The molecule has 0 heterocycles. The smallest absolute Gasteiger partial charge is 0.193 e. The van der Waals surface area contributed by atoms with Gasteiger partial charge in [0, 0.05) is 11.8 Å². The lowest BCUT2D eigenvalue weighted by molar-refractivity contribution is 0.264. The van der Waals surface area contributed by atoms with Gasteiger partial charge in [-0.1, -0.05) is 6.92 Å². The fourth-order valence-corrected chi connectivity index (χ4v) is 1.55. The van der Waals surface area contributed by atoms with Crippen LogP contribution < -0.4 is 20.5 Å². The molecule has 1 aromatic carbocycles. The Morgan fingerprint density at radius 1 is 1.35 bits per heavy atom. The lowest BCUT2D eigenvalue weighted by atomic mass is 10.2. The molecule has 1 aromatic rings. The van der Waals surface area contributed by atoms with Crippen LogP contribution in [0.15, 0.2) is 23.2 Å². The minimum Gasteiger partial charge on any atom is -0.493 e. The number of anilines is 1. The van der Waals surface area contributed by atoms with Crippen molar-refractivity contribution in [1.29, 1.82) is 0 Å². The summed E-state index contributed by atoms with van der Waals surface area (Å²) in [6.07, 6.45) is 0.727. The second-order valence-corrected chi connectivity index (χ2v) is 3.95. The first-order valence-corrected chi connectivity index (χ1v) is 6.07. The first-order valence-electron chi connectivity index (χ1n) is 6.07. The number of halogens is 1. The number of ether oxygens (including phenoxy) is 2. The van der Waals surface area contributed by atoms with Crippen LogP contribution in [-0.4, -0.2) is 37.9 Å². The van der Waals surface area contributed by atoms with Gasteiger partial charge < -0.3 is 25.6 Å². The minimum absolute atomic E-state index is 0. The molecule has 1 rings (SSSR count). The topological polar surface area (TPSA) is 89.1 Å². The van der Waals surface area contributed by atoms with Crippen molar-refractivity contribution in [3.8, 4) is 11.5 Å². The van der Waals surface area contributed by atoms with Crippen LogP contribution in [0.3, 0.4) is 0 Å². The molecule has 0 aliphatic heterocycles. The van der Waals surface area contributed by atoms with Crippen LogP contribution in [0.4, 0.5) is 5.69 Å². The maximum atomic E-state index is 9.06. The molecule has 114 valence electrons. The van der Waals surface area contributed by atoms with Crippen LogP contribution in [0.1, 0.15) is 13.3 Å². The summed E-state index contributed by atoms with van der Waals surface area (Å²) in [5, 5.41) is 12.0. The summed E-state index contributed by atoms with van der Waals surface area (Å²) >= 11 is 0. The highest BCUT2D eigenvalue weighted by atomic mass is 127. The number of aliphatic hydroxyl groups is 1. The molecule has 0 fully saturated rings. The van der Waals surface area contributed by atoms with Gasteiger partial charge in [-0.2, -0.15) is 0 Å².